The van der Waals surface area contributed by atoms with Crippen molar-refractivity contribution in [2.45, 2.75) is 6.42 Å². The van der Waals surface area contributed by atoms with E-state index in [1.165, 1.54) is 20.8 Å². The van der Waals surface area contributed by atoms with Crippen LogP contribution in [0.3, 0.4) is 0 Å². The van der Waals surface area contributed by atoms with Gasteiger partial charge in [-0.1, -0.05) is 24.3 Å². The van der Waals surface area contributed by atoms with Crippen molar-refractivity contribution in [1.82, 2.24) is 13.6 Å². The molecule has 128 valence electrons. The molecule has 1 aromatic carbocycles. The van der Waals surface area contributed by atoms with Crippen molar-refractivity contribution in [3.63, 3.8) is 0 Å². The third-order valence-electron chi connectivity index (χ3n) is 4.73. The minimum absolute atomic E-state index is 0.425. The first kappa shape index (κ1) is 15.8. The molecule has 24 heavy (non-hydrogen) atoms. The minimum atomic E-state index is -3.39. The summed E-state index contributed by atoms with van der Waals surface area (Å²) in [5.41, 5.74) is 3.49. The summed E-state index contributed by atoms with van der Waals surface area (Å²) in [5, 5.41) is 1.19. The molecule has 4 rings (SSSR count). The summed E-state index contributed by atoms with van der Waals surface area (Å²) in [5.74, 6) is 0. The molecule has 0 bridgehead atoms. The van der Waals surface area contributed by atoms with Crippen molar-refractivity contribution in [2.24, 2.45) is 0 Å². The van der Waals surface area contributed by atoms with Crippen molar-refractivity contribution in [3.8, 4) is 0 Å². The largest absolute Gasteiger partial charge is 0.379 e. The second-order valence-electron chi connectivity index (χ2n) is 6.10. The number of para-hydroxylation sites is 1. The third-order valence-corrected chi connectivity index (χ3v) is 6.73. The highest BCUT2D eigenvalue weighted by Gasteiger charge is 2.32. The lowest BCUT2D eigenvalue weighted by Crippen LogP contribution is -2.49. The van der Waals surface area contributed by atoms with Gasteiger partial charge in [-0.25, -0.2) is 0 Å². The second kappa shape index (κ2) is 6.33. The number of benzene rings is 1. The van der Waals surface area contributed by atoms with Crippen LogP contribution in [0, 0.1) is 0 Å². The van der Waals surface area contributed by atoms with Gasteiger partial charge in [0.25, 0.3) is 10.2 Å². The third kappa shape index (κ3) is 2.77. The van der Waals surface area contributed by atoms with Crippen LogP contribution in [-0.2, 0) is 14.9 Å². The molecule has 1 fully saturated rings. The van der Waals surface area contributed by atoms with E-state index in [9.17, 15) is 8.42 Å². The smallest absolute Gasteiger partial charge is 0.282 e. The molecule has 2 aromatic rings. The highest BCUT2D eigenvalue weighted by atomic mass is 32.2. The molecule has 7 heteroatoms. The van der Waals surface area contributed by atoms with Crippen LogP contribution in [0.2, 0.25) is 0 Å². The summed E-state index contributed by atoms with van der Waals surface area (Å²) >= 11 is 0. The Labute approximate surface area is 141 Å². The van der Waals surface area contributed by atoms with E-state index in [4.69, 9.17) is 4.74 Å². The molecule has 1 saturated heterocycles. The van der Waals surface area contributed by atoms with Gasteiger partial charge in [-0.3, -0.25) is 0 Å². The average molecular weight is 347 g/mol. The van der Waals surface area contributed by atoms with E-state index >= 15 is 0 Å². The molecule has 3 heterocycles. The van der Waals surface area contributed by atoms with Crippen LogP contribution >= 0.6 is 0 Å². The molecule has 6 nitrogen and oxygen atoms in total. The van der Waals surface area contributed by atoms with Crippen molar-refractivity contribution >= 4 is 26.7 Å². The topological polar surface area (TPSA) is 65.6 Å². The van der Waals surface area contributed by atoms with Crippen LogP contribution in [0.15, 0.2) is 36.5 Å². The van der Waals surface area contributed by atoms with Gasteiger partial charge in [-0.2, -0.15) is 17.0 Å². The van der Waals surface area contributed by atoms with Crippen LogP contribution in [0.5, 0.6) is 0 Å². The monoisotopic (exact) mass is 347 g/mol. The zero-order valence-electron chi connectivity index (χ0n) is 13.4. The van der Waals surface area contributed by atoms with E-state index in [-0.39, 0.29) is 0 Å². The van der Waals surface area contributed by atoms with E-state index in [1.807, 2.05) is 24.4 Å². The van der Waals surface area contributed by atoms with Crippen molar-refractivity contribution in [3.05, 3.63) is 42.1 Å². The van der Waals surface area contributed by atoms with Crippen LogP contribution in [-0.4, -0.2) is 61.4 Å². The first-order valence-electron chi connectivity index (χ1n) is 8.25. The van der Waals surface area contributed by atoms with Gasteiger partial charge >= 0.3 is 0 Å². The highest BCUT2D eigenvalue weighted by Crippen LogP contribution is 2.30. The predicted octanol–water partition coefficient (Wildman–Crippen LogP) is 1.83. The molecule has 2 aliphatic rings. The van der Waals surface area contributed by atoms with E-state index in [2.05, 4.69) is 17.1 Å². The zero-order chi connectivity index (χ0) is 16.6. The van der Waals surface area contributed by atoms with Crippen LogP contribution in [0.1, 0.15) is 12.0 Å². The summed E-state index contributed by atoms with van der Waals surface area (Å²) in [6, 6.07) is 8.18. The molecule has 0 saturated carbocycles. The standard InChI is InChI=1S/C17H21N3O3S/c21-24(22,20-9-11-23-12-10-20)19-7-5-14(6-8-19)16-13-18-17-4-2-1-3-15(16)17/h1-5,13,18H,6-12H2. The number of hydrogen-bond acceptors (Lipinski definition) is 3. The Morgan fingerprint density at radius 1 is 1.04 bits per heavy atom. The molecular formula is C17H21N3O3S. The van der Waals surface area contributed by atoms with Gasteiger partial charge in [0.2, 0.25) is 0 Å². The molecule has 2 aliphatic heterocycles. The lowest BCUT2D eigenvalue weighted by molar-refractivity contribution is 0.0703. The SMILES string of the molecule is O=S(=O)(N1CC=C(c2c[nH]c3ccccc23)CC1)N1CCOCC1. The maximum absolute atomic E-state index is 12.7. The minimum Gasteiger partial charge on any atom is -0.379 e. The molecular weight excluding hydrogens is 326 g/mol. The van der Waals surface area contributed by atoms with Gasteiger partial charge in [0.05, 0.1) is 13.2 Å². The van der Waals surface area contributed by atoms with Crippen molar-refractivity contribution < 1.29 is 13.2 Å². The highest BCUT2D eigenvalue weighted by molar-refractivity contribution is 7.86. The number of rotatable bonds is 3. The lowest BCUT2D eigenvalue weighted by Gasteiger charge is -2.33. The van der Waals surface area contributed by atoms with E-state index < -0.39 is 10.2 Å². The Bertz CT molecular complexity index is 866. The van der Waals surface area contributed by atoms with E-state index in [1.54, 1.807) is 4.31 Å². The Morgan fingerprint density at radius 2 is 1.83 bits per heavy atom. The predicted molar refractivity (Wildman–Crippen MR) is 93.8 cm³/mol. The fourth-order valence-corrected chi connectivity index (χ4v) is 4.90. The quantitative estimate of drug-likeness (QED) is 0.921. The second-order valence-corrected chi connectivity index (χ2v) is 8.03. The molecule has 0 amide bonds. The Kier molecular flexibility index (Phi) is 4.17. The number of H-pyrrole nitrogens is 1. The van der Waals surface area contributed by atoms with E-state index in [0.717, 1.165) is 11.9 Å². The number of aromatic amines is 1. The van der Waals surface area contributed by atoms with Gasteiger partial charge in [0, 0.05) is 48.8 Å². The summed E-state index contributed by atoms with van der Waals surface area (Å²) < 4.78 is 33.8. The van der Waals surface area contributed by atoms with Crippen molar-refractivity contribution in [2.75, 3.05) is 39.4 Å². The maximum Gasteiger partial charge on any atom is 0.282 e. The summed E-state index contributed by atoms with van der Waals surface area (Å²) in [6.45, 7) is 2.78. The summed E-state index contributed by atoms with van der Waals surface area (Å²) in [6.07, 6.45) is 4.78. The average Bonchev–Trinajstić information content (AvgIpc) is 3.07. The number of nitrogens with one attached hydrogen (secondary N) is 1. The Hall–Kier alpha value is -1.67. The number of ether oxygens (including phenoxy) is 1. The molecule has 0 radical (unpaired) electrons. The van der Waals surface area contributed by atoms with Gasteiger partial charge in [0.1, 0.15) is 0 Å². The molecule has 0 atom stereocenters. The van der Waals surface area contributed by atoms with Crippen LogP contribution < -0.4 is 0 Å². The van der Waals surface area contributed by atoms with Crippen LogP contribution in [0.4, 0.5) is 0 Å². The first-order chi connectivity index (χ1) is 11.7. The molecule has 0 spiro atoms. The molecule has 1 N–H and O–H groups in total. The van der Waals surface area contributed by atoms with Gasteiger partial charge < -0.3 is 9.72 Å². The fourth-order valence-electron chi connectivity index (χ4n) is 3.38. The first-order valence-corrected chi connectivity index (χ1v) is 9.64. The van der Waals surface area contributed by atoms with Gasteiger partial charge in [-0.15, -0.1) is 0 Å². The lowest BCUT2D eigenvalue weighted by atomic mass is 10.00. The molecule has 1 aromatic heterocycles. The number of morpholine rings is 1. The number of hydrogen-bond donors (Lipinski definition) is 1. The van der Waals surface area contributed by atoms with Gasteiger partial charge in [-0.05, 0) is 18.1 Å². The fraction of sp³-hybridized carbons (Fsp3) is 0.412. The zero-order valence-corrected chi connectivity index (χ0v) is 14.3. The Balaban J connectivity index is 1.55. The molecule has 0 unspecified atom stereocenters. The number of fused-ring (bicyclic) bond motifs is 1. The van der Waals surface area contributed by atoms with Gasteiger partial charge in [0.15, 0.2) is 0 Å². The van der Waals surface area contributed by atoms with Crippen LogP contribution in [0.25, 0.3) is 16.5 Å². The maximum atomic E-state index is 12.7. The number of nitrogens with zero attached hydrogens (tertiary/aromatic N) is 2. The summed E-state index contributed by atoms with van der Waals surface area (Å²) in [7, 11) is -3.39. The normalized spacial score (nSPS) is 21.1. The summed E-state index contributed by atoms with van der Waals surface area (Å²) in [4.78, 5) is 3.28. The van der Waals surface area contributed by atoms with Crippen molar-refractivity contribution in [1.29, 1.82) is 0 Å². The number of aromatic nitrogens is 1. The molecule has 0 aliphatic carbocycles. The Morgan fingerprint density at radius 3 is 2.58 bits per heavy atom. The van der Waals surface area contributed by atoms with E-state index in [0.29, 0.717) is 39.4 Å².